The molecule has 0 saturated heterocycles. The standard InChI is InChI=1S/C18H19NO2/c20-13-14-6-11-18(19-12-14)21-17-9-7-16(8-10-17)15-4-2-1-3-5-15/h6-13,15H,1-5H2. The largest absolute Gasteiger partial charge is 0.439 e. The second-order valence-electron chi connectivity index (χ2n) is 5.55. The van der Waals surface area contributed by atoms with E-state index >= 15 is 0 Å². The van der Waals surface area contributed by atoms with Crippen LogP contribution in [0.15, 0.2) is 42.6 Å². The maximum atomic E-state index is 10.6. The Hall–Kier alpha value is -2.16. The van der Waals surface area contributed by atoms with Crippen molar-refractivity contribution in [2.45, 2.75) is 38.0 Å². The van der Waals surface area contributed by atoms with Gasteiger partial charge in [0.05, 0.1) is 0 Å². The van der Waals surface area contributed by atoms with Gasteiger partial charge in [0.15, 0.2) is 6.29 Å². The maximum Gasteiger partial charge on any atom is 0.219 e. The highest BCUT2D eigenvalue weighted by atomic mass is 16.5. The number of benzene rings is 1. The topological polar surface area (TPSA) is 39.2 Å². The molecule has 1 aromatic heterocycles. The lowest BCUT2D eigenvalue weighted by molar-refractivity contribution is 0.112. The van der Waals surface area contributed by atoms with Gasteiger partial charge in [-0.2, -0.15) is 0 Å². The molecule has 0 atom stereocenters. The van der Waals surface area contributed by atoms with Crippen molar-refractivity contribution < 1.29 is 9.53 Å². The van der Waals surface area contributed by atoms with Gasteiger partial charge in [-0.1, -0.05) is 31.4 Å². The fraction of sp³-hybridized carbons (Fsp3) is 0.333. The first-order valence-corrected chi connectivity index (χ1v) is 7.54. The van der Waals surface area contributed by atoms with E-state index in [4.69, 9.17) is 4.74 Å². The molecular weight excluding hydrogens is 262 g/mol. The summed E-state index contributed by atoms with van der Waals surface area (Å²) in [7, 11) is 0. The molecule has 0 amide bonds. The molecule has 21 heavy (non-hydrogen) atoms. The van der Waals surface area contributed by atoms with Crippen LogP contribution in [0.2, 0.25) is 0 Å². The summed E-state index contributed by atoms with van der Waals surface area (Å²) in [6.07, 6.45) is 8.95. The molecule has 0 bridgehead atoms. The summed E-state index contributed by atoms with van der Waals surface area (Å²) < 4.78 is 5.69. The lowest BCUT2D eigenvalue weighted by atomic mass is 9.84. The van der Waals surface area contributed by atoms with E-state index in [0.717, 1.165) is 12.0 Å². The molecule has 1 aromatic carbocycles. The third kappa shape index (κ3) is 3.48. The van der Waals surface area contributed by atoms with Crippen LogP contribution in [0, 0.1) is 0 Å². The lowest BCUT2D eigenvalue weighted by Gasteiger charge is -2.22. The first-order valence-electron chi connectivity index (χ1n) is 7.54. The average molecular weight is 281 g/mol. The summed E-state index contributed by atoms with van der Waals surface area (Å²) in [5, 5.41) is 0. The zero-order valence-corrected chi connectivity index (χ0v) is 12.0. The van der Waals surface area contributed by atoms with E-state index in [1.807, 2.05) is 12.1 Å². The van der Waals surface area contributed by atoms with Crippen molar-refractivity contribution in [2.75, 3.05) is 0 Å². The number of pyridine rings is 1. The van der Waals surface area contributed by atoms with E-state index in [-0.39, 0.29) is 0 Å². The molecule has 1 aliphatic carbocycles. The Labute approximate surface area is 125 Å². The molecule has 1 saturated carbocycles. The zero-order valence-electron chi connectivity index (χ0n) is 12.0. The summed E-state index contributed by atoms with van der Waals surface area (Å²) in [6, 6.07) is 11.7. The van der Waals surface area contributed by atoms with Gasteiger partial charge in [0.25, 0.3) is 0 Å². The van der Waals surface area contributed by atoms with Crippen LogP contribution >= 0.6 is 0 Å². The Morgan fingerprint density at radius 2 is 1.76 bits per heavy atom. The van der Waals surface area contributed by atoms with E-state index in [1.165, 1.54) is 43.9 Å². The quantitative estimate of drug-likeness (QED) is 0.760. The highest BCUT2D eigenvalue weighted by molar-refractivity contribution is 5.74. The maximum absolute atomic E-state index is 10.6. The molecule has 2 aromatic rings. The SMILES string of the molecule is O=Cc1ccc(Oc2ccc(C3CCCCC3)cc2)nc1. The van der Waals surface area contributed by atoms with Gasteiger partial charge in [0.2, 0.25) is 5.88 Å². The van der Waals surface area contributed by atoms with E-state index in [0.29, 0.717) is 17.4 Å². The van der Waals surface area contributed by atoms with Gasteiger partial charge in [0, 0.05) is 17.8 Å². The number of carbonyl (C=O) groups is 1. The predicted octanol–water partition coefficient (Wildman–Crippen LogP) is 4.73. The first kappa shape index (κ1) is 13.8. The first-order chi connectivity index (χ1) is 10.3. The van der Waals surface area contributed by atoms with E-state index in [2.05, 4.69) is 17.1 Å². The van der Waals surface area contributed by atoms with E-state index in [9.17, 15) is 4.79 Å². The number of hydrogen-bond donors (Lipinski definition) is 0. The lowest BCUT2D eigenvalue weighted by Crippen LogP contribution is -2.04. The minimum absolute atomic E-state index is 0.506. The van der Waals surface area contributed by atoms with Crippen molar-refractivity contribution in [2.24, 2.45) is 0 Å². The molecule has 0 unspecified atom stereocenters. The van der Waals surface area contributed by atoms with Crippen LogP contribution < -0.4 is 4.74 Å². The summed E-state index contributed by atoms with van der Waals surface area (Å²) >= 11 is 0. The van der Waals surface area contributed by atoms with Crippen LogP contribution in [0.5, 0.6) is 11.6 Å². The van der Waals surface area contributed by atoms with Crippen LogP contribution in [-0.4, -0.2) is 11.3 Å². The molecule has 108 valence electrons. The number of rotatable bonds is 4. The highest BCUT2D eigenvalue weighted by Gasteiger charge is 2.15. The number of carbonyl (C=O) groups excluding carboxylic acids is 1. The molecule has 1 aliphatic rings. The molecule has 0 aliphatic heterocycles. The number of aromatic nitrogens is 1. The molecule has 0 N–H and O–H groups in total. The van der Waals surface area contributed by atoms with Crippen LogP contribution in [0.1, 0.15) is 53.9 Å². The van der Waals surface area contributed by atoms with Gasteiger partial charge in [-0.05, 0) is 42.5 Å². The third-order valence-electron chi connectivity index (χ3n) is 4.07. The van der Waals surface area contributed by atoms with Crippen LogP contribution in [0.25, 0.3) is 0 Å². The number of ether oxygens (including phenoxy) is 1. The molecule has 3 rings (SSSR count). The Bertz CT molecular complexity index is 584. The van der Waals surface area contributed by atoms with Crippen molar-refractivity contribution in [3.8, 4) is 11.6 Å². The van der Waals surface area contributed by atoms with Crippen LogP contribution in [0.4, 0.5) is 0 Å². The normalized spacial score (nSPS) is 15.6. The van der Waals surface area contributed by atoms with E-state index < -0.39 is 0 Å². The Morgan fingerprint density at radius 1 is 1.00 bits per heavy atom. The highest BCUT2D eigenvalue weighted by Crippen LogP contribution is 2.33. The number of hydrogen-bond acceptors (Lipinski definition) is 3. The van der Waals surface area contributed by atoms with Crippen molar-refractivity contribution in [3.05, 3.63) is 53.7 Å². The minimum atomic E-state index is 0.506. The number of aldehydes is 1. The van der Waals surface area contributed by atoms with Gasteiger partial charge in [-0.15, -0.1) is 0 Å². The van der Waals surface area contributed by atoms with Crippen molar-refractivity contribution in [1.82, 2.24) is 4.98 Å². The second kappa shape index (κ2) is 6.53. The summed E-state index contributed by atoms with van der Waals surface area (Å²) in [5.41, 5.74) is 1.96. The van der Waals surface area contributed by atoms with Gasteiger partial charge in [-0.25, -0.2) is 4.98 Å². The van der Waals surface area contributed by atoms with Crippen molar-refractivity contribution >= 4 is 6.29 Å². The molecule has 1 fully saturated rings. The Kier molecular flexibility index (Phi) is 4.29. The van der Waals surface area contributed by atoms with Gasteiger partial charge in [0.1, 0.15) is 5.75 Å². The summed E-state index contributed by atoms with van der Waals surface area (Å²) in [4.78, 5) is 14.7. The third-order valence-corrected chi connectivity index (χ3v) is 4.07. The molecular formula is C18H19NO2. The van der Waals surface area contributed by atoms with Crippen LogP contribution in [0.3, 0.4) is 0 Å². The van der Waals surface area contributed by atoms with Crippen molar-refractivity contribution in [1.29, 1.82) is 0 Å². The van der Waals surface area contributed by atoms with Gasteiger partial charge in [-0.3, -0.25) is 4.79 Å². The average Bonchev–Trinajstić information content (AvgIpc) is 2.57. The van der Waals surface area contributed by atoms with Gasteiger partial charge < -0.3 is 4.74 Å². The fourth-order valence-corrected chi connectivity index (χ4v) is 2.89. The summed E-state index contributed by atoms with van der Waals surface area (Å²) in [5.74, 6) is 1.99. The molecule has 1 heterocycles. The molecule has 3 nitrogen and oxygen atoms in total. The molecule has 0 radical (unpaired) electrons. The van der Waals surface area contributed by atoms with Crippen molar-refractivity contribution in [3.63, 3.8) is 0 Å². The van der Waals surface area contributed by atoms with Gasteiger partial charge >= 0.3 is 0 Å². The second-order valence-corrected chi connectivity index (χ2v) is 5.55. The molecule has 3 heteroatoms. The smallest absolute Gasteiger partial charge is 0.219 e. The minimum Gasteiger partial charge on any atom is -0.439 e. The summed E-state index contributed by atoms with van der Waals surface area (Å²) in [6.45, 7) is 0. The predicted molar refractivity (Wildman–Crippen MR) is 82.0 cm³/mol. The Morgan fingerprint density at radius 3 is 2.38 bits per heavy atom. The zero-order chi connectivity index (χ0) is 14.5. The fourth-order valence-electron chi connectivity index (χ4n) is 2.89. The monoisotopic (exact) mass is 281 g/mol. The van der Waals surface area contributed by atoms with Crippen LogP contribution in [-0.2, 0) is 0 Å². The molecule has 0 spiro atoms. The Balaban J connectivity index is 1.67. The number of nitrogens with zero attached hydrogens (tertiary/aromatic N) is 1. The van der Waals surface area contributed by atoms with E-state index in [1.54, 1.807) is 12.1 Å².